The molecule has 1 amide bonds. The second-order valence-electron chi connectivity index (χ2n) is 8.30. The number of methoxy groups -OCH3 is 2. The first kappa shape index (κ1) is 19.4. The molecule has 1 N–H and O–H groups in total. The third-order valence-corrected chi connectivity index (χ3v) is 6.33. The summed E-state index contributed by atoms with van der Waals surface area (Å²) in [7, 11) is 3.31. The van der Waals surface area contributed by atoms with Crippen molar-refractivity contribution in [3.63, 3.8) is 0 Å². The molecule has 0 aromatic heterocycles. The van der Waals surface area contributed by atoms with Crippen LogP contribution >= 0.6 is 0 Å². The fourth-order valence-electron chi connectivity index (χ4n) is 4.65. The van der Waals surface area contributed by atoms with Gasteiger partial charge in [-0.2, -0.15) is 0 Å². The van der Waals surface area contributed by atoms with Gasteiger partial charge in [-0.1, -0.05) is 37.6 Å². The molecular weight excluding hydrogens is 364 g/mol. The lowest BCUT2D eigenvalue weighted by molar-refractivity contribution is -0.124. The Kier molecular flexibility index (Phi) is 4.56. The van der Waals surface area contributed by atoms with Gasteiger partial charge in [0.05, 0.1) is 14.2 Å². The Morgan fingerprint density at radius 2 is 1.90 bits per heavy atom. The molecule has 2 aliphatic rings. The normalized spacial score (nSPS) is 22.2. The highest BCUT2D eigenvalue weighted by Gasteiger charge is 2.57. The molecule has 0 saturated carbocycles. The molecule has 0 spiro atoms. The number of amides is 1. The molecule has 0 aliphatic carbocycles. The first-order chi connectivity index (χ1) is 13.8. The molecule has 1 saturated heterocycles. The Labute approximate surface area is 172 Å². The van der Waals surface area contributed by atoms with Gasteiger partial charge in [-0.3, -0.25) is 4.79 Å². The molecule has 2 aromatic carbocycles. The summed E-state index contributed by atoms with van der Waals surface area (Å²) >= 11 is 0. The number of carbonyl (C=O) groups excluding carboxylic acids is 1. The van der Waals surface area contributed by atoms with Crippen LogP contribution in [0.25, 0.3) is 6.08 Å². The van der Waals surface area contributed by atoms with E-state index in [9.17, 15) is 4.79 Å². The Hall–Kier alpha value is -2.95. The van der Waals surface area contributed by atoms with Crippen LogP contribution in [0.15, 0.2) is 42.5 Å². The molecule has 1 fully saturated rings. The maximum absolute atomic E-state index is 12.5. The van der Waals surface area contributed by atoms with E-state index in [0.717, 1.165) is 17.1 Å². The lowest BCUT2D eigenvalue weighted by Crippen LogP contribution is -2.68. The molecule has 0 bridgehead atoms. The molecule has 0 radical (unpaired) electrons. The zero-order valence-electron chi connectivity index (χ0n) is 17.7. The molecule has 2 aromatic rings. The number of rotatable bonds is 4. The van der Waals surface area contributed by atoms with Gasteiger partial charge in [-0.15, -0.1) is 0 Å². The lowest BCUT2D eigenvalue weighted by atomic mass is 9.74. The number of hydrogen-bond donors (Lipinski definition) is 1. The number of benzene rings is 2. The molecule has 152 valence electrons. The smallest absolute Gasteiger partial charge is 0.223 e. The summed E-state index contributed by atoms with van der Waals surface area (Å²) in [5, 5.41) is 3.31. The number of ether oxygens (including phenoxy) is 2. The summed E-state index contributed by atoms with van der Waals surface area (Å²) < 4.78 is 10.9. The van der Waals surface area contributed by atoms with Crippen LogP contribution in [0.3, 0.4) is 0 Å². The van der Waals surface area contributed by atoms with Crippen molar-refractivity contribution in [1.82, 2.24) is 5.32 Å². The van der Waals surface area contributed by atoms with E-state index in [2.05, 4.69) is 55.3 Å². The monoisotopic (exact) mass is 392 g/mol. The summed E-state index contributed by atoms with van der Waals surface area (Å²) in [5.74, 6) is 1.59. The number of hydrogen-bond acceptors (Lipinski definition) is 4. The van der Waals surface area contributed by atoms with Gasteiger partial charge in [0.1, 0.15) is 17.2 Å². The van der Waals surface area contributed by atoms with Crippen LogP contribution in [-0.2, 0) is 10.2 Å². The SMILES string of the molecule is COc1ccc(OC)c(/C=C/[C@]23NC(=O)CCN2c2ccc(C)cc2C3(C)C)c1. The molecule has 4 rings (SSSR count). The topological polar surface area (TPSA) is 50.8 Å². The highest BCUT2D eigenvalue weighted by atomic mass is 16.5. The van der Waals surface area contributed by atoms with Crippen LogP contribution in [0.4, 0.5) is 5.69 Å². The van der Waals surface area contributed by atoms with Crippen LogP contribution in [-0.4, -0.2) is 32.3 Å². The fraction of sp³-hybridized carbons (Fsp3) is 0.375. The van der Waals surface area contributed by atoms with E-state index >= 15 is 0 Å². The zero-order chi connectivity index (χ0) is 20.8. The number of carbonyl (C=O) groups is 1. The van der Waals surface area contributed by atoms with Crippen LogP contribution in [0.2, 0.25) is 0 Å². The molecule has 1 atom stereocenters. The Bertz CT molecular complexity index is 996. The predicted molar refractivity (Wildman–Crippen MR) is 116 cm³/mol. The maximum Gasteiger partial charge on any atom is 0.223 e. The van der Waals surface area contributed by atoms with Crippen molar-refractivity contribution < 1.29 is 14.3 Å². The molecule has 0 unspecified atom stereocenters. The van der Waals surface area contributed by atoms with Crippen molar-refractivity contribution >= 4 is 17.7 Å². The Morgan fingerprint density at radius 1 is 1.10 bits per heavy atom. The number of nitrogens with zero attached hydrogens (tertiary/aromatic N) is 1. The van der Waals surface area contributed by atoms with Crippen molar-refractivity contribution in [3.8, 4) is 11.5 Å². The van der Waals surface area contributed by atoms with Gasteiger partial charge >= 0.3 is 0 Å². The molecule has 2 aliphatic heterocycles. The lowest BCUT2D eigenvalue weighted by Gasteiger charge is -2.49. The minimum absolute atomic E-state index is 0.0705. The van der Waals surface area contributed by atoms with Gasteiger partial charge in [0.25, 0.3) is 0 Å². The molecular formula is C24H28N2O3. The van der Waals surface area contributed by atoms with Gasteiger partial charge in [0.2, 0.25) is 5.91 Å². The first-order valence-corrected chi connectivity index (χ1v) is 9.93. The van der Waals surface area contributed by atoms with Crippen molar-refractivity contribution in [2.45, 2.75) is 38.3 Å². The standard InChI is InChI=1S/C24H28N2O3/c1-16-6-8-20-19(14-16)23(2,3)24(25-22(27)11-13-26(20)24)12-10-17-15-18(28-4)7-9-21(17)29-5/h6-10,12,14-15H,11,13H2,1-5H3,(H,25,27)/b12-10+/t24-/m0/s1. The van der Waals surface area contributed by atoms with E-state index in [1.165, 1.54) is 16.8 Å². The van der Waals surface area contributed by atoms with Crippen LogP contribution in [0.5, 0.6) is 11.5 Å². The van der Waals surface area contributed by atoms with E-state index < -0.39 is 5.66 Å². The zero-order valence-corrected chi connectivity index (χ0v) is 17.7. The second kappa shape index (κ2) is 6.83. The van der Waals surface area contributed by atoms with E-state index in [1.807, 2.05) is 24.3 Å². The van der Waals surface area contributed by atoms with Crippen molar-refractivity contribution in [2.75, 3.05) is 25.7 Å². The largest absolute Gasteiger partial charge is 0.497 e. The van der Waals surface area contributed by atoms with Crippen LogP contribution < -0.4 is 19.7 Å². The highest BCUT2D eigenvalue weighted by molar-refractivity contribution is 5.85. The summed E-state index contributed by atoms with van der Waals surface area (Å²) in [5.41, 5.74) is 3.60. The number of anilines is 1. The number of fused-ring (bicyclic) bond motifs is 3. The third kappa shape index (κ3) is 2.87. The van der Waals surface area contributed by atoms with Gasteiger partial charge in [-0.25, -0.2) is 0 Å². The Balaban J connectivity index is 1.86. The van der Waals surface area contributed by atoms with Crippen LogP contribution in [0, 0.1) is 6.92 Å². The van der Waals surface area contributed by atoms with Gasteiger partial charge in [-0.05, 0) is 42.8 Å². The first-order valence-electron chi connectivity index (χ1n) is 9.93. The minimum Gasteiger partial charge on any atom is -0.497 e. The highest BCUT2D eigenvalue weighted by Crippen LogP contribution is 2.52. The fourth-order valence-corrected chi connectivity index (χ4v) is 4.65. The minimum atomic E-state index is -0.646. The number of aryl methyl sites for hydroxylation is 1. The van der Waals surface area contributed by atoms with Gasteiger partial charge < -0.3 is 19.7 Å². The molecule has 5 nitrogen and oxygen atoms in total. The van der Waals surface area contributed by atoms with E-state index in [4.69, 9.17) is 9.47 Å². The summed E-state index contributed by atoms with van der Waals surface area (Å²) in [6.07, 6.45) is 4.62. The van der Waals surface area contributed by atoms with E-state index in [0.29, 0.717) is 13.0 Å². The second-order valence-corrected chi connectivity index (χ2v) is 8.30. The van der Waals surface area contributed by atoms with Crippen molar-refractivity contribution in [2.24, 2.45) is 0 Å². The van der Waals surface area contributed by atoms with Crippen LogP contribution in [0.1, 0.15) is 37.0 Å². The third-order valence-electron chi connectivity index (χ3n) is 6.33. The average Bonchev–Trinajstić information content (AvgIpc) is 2.89. The summed E-state index contributed by atoms with van der Waals surface area (Å²) in [6, 6.07) is 12.3. The molecule has 2 heterocycles. The van der Waals surface area contributed by atoms with Crippen molar-refractivity contribution in [3.05, 3.63) is 59.2 Å². The summed E-state index contributed by atoms with van der Waals surface area (Å²) in [6.45, 7) is 7.19. The average molecular weight is 392 g/mol. The molecule has 29 heavy (non-hydrogen) atoms. The van der Waals surface area contributed by atoms with E-state index in [1.54, 1.807) is 14.2 Å². The number of nitrogens with one attached hydrogen (secondary N) is 1. The van der Waals surface area contributed by atoms with Gasteiger partial charge in [0.15, 0.2) is 0 Å². The quantitative estimate of drug-likeness (QED) is 0.853. The van der Waals surface area contributed by atoms with E-state index in [-0.39, 0.29) is 11.3 Å². The van der Waals surface area contributed by atoms with Crippen molar-refractivity contribution in [1.29, 1.82) is 0 Å². The summed E-state index contributed by atoms with van der Waals surface area (Å²) in [4.78, 5) is 14.9. The Morgan fingerprint density at radius 3 is 2.62 bits per heavy atom. The molecule has 5 heteroatoms. The predicted octanol–water partition coefficient (Wildman–Crippen LogP) is 4.04. The van der Waals surface area contributed by atoms with Gasteiger partial charge in [0, 0.05) is 29.6 Å². The maximum atomic E-state index is 12.5.